The van der Waals surface area contributed by atoms with Crippen LogP contribution in [0.15, 0.2) is 79.1 Å². The number of nitrogens with zero attached hydrogens (tertiary/aromatic N) is 4. The van der Waals surface area contributed by atoms with Crippen molar-refractivity contribution in [3.8, 4) is 28.3 Å². The Morgan fingerprint density at radius 2 is 1.82 bits per heavy atom. The molecule has 5 rings (SSSR count). The van der Waals surface area contributed by atoms with Crippen molar-refractivity contribution in [1.82, 2.24) is 19.5 Å². The molecule has 0 radical (unpaired) electrons. The van der Waals surface area contributed by atoms with Gasteiger partial charge in [-0.2, -0.15) is 0 Å². The Hall–Kier alpha value is -4.59. The van der Waals surface area contributed by atoms with Crippen molar-refractivity contribution < 1.29 is 13.9 Å². The molecule has 0 unspecified atom stereocenters. The number of fused-ring (bicyclic) bond motifs is 1. The fourth-order valence-electron chi connectivity index (χ4n) is 3.73. The zero-order valence-corrected chi connectivity index (χ0v) is 18.3. The zero-order chi connectivity index (χ0) is 23.7. The van der Waals surface area contributed by atoms with Crippen LogP contribution >= 0.6 is 0 Å². The lowest BCUT2D eigenvalue weighted by Crippen LogP contribution is -2.02. The number of pyridine rings is 2. The van der Waals surface area contributed by atoms with Gasteiger partial charge in [0.25, 0.3) is 0 Å². The lowest BCUT2D eigenvalue weighted by molar-refractivity contribution is -0.142. The largest absolute Gasteiger partial charge is 0.461 e. The lowest BCUT2D eigenvalue weighted by atomic mass is 10.1. The van der Waals surface area contributed by atoms with E-state index < -0.39 is 0 Å². The van der Waals surface area contributed by atoms with E-state index in [-0.39, 0.29) is 18.4 Å². The summed E-state index contributed by atoms with van der Waals surface area (Å²) in [5, 5.41) is 0. The molecule has 2 aromatic carbocycles. The molecule has 0 aliphatic heterocycles. The summed E-state index contributed by atoms with van der Waals surface area (Å²) in [4.78, 5) is 24.7. The minimum atomic E-state index is -0.333. The second kappa shape index (κ2) is 8.74. The van der Waals surface area contributed by atoms with Crippen molar-refractivity contribution in [1.29, 1.82) is 0 Å². The number of halogens is 1. The molecule has 2 N–H and O–H groups in total. The molecule has 3 heterocycles. The summed E-state index contributed by atoms with van der Waals surface area (Å²) in [5.41, 5.74) is 11.5. The highest BCUT2D eigenvalue weighted by Gasteiger charge is 2.18. The van der Waals surface area contributed by atoms with Gasteiger partial charge < -0.3 is 10.5 Å². The summed E-state index contributed by atoms with van der Waals surface area (Å²) < 4.78 is 20.5. The van der Waals surface area contributed by atoms with Gasteiger partial charge in [-0.3, -0.25) is 14.3 Å². The number of ether oxygens (including phenoxy) is 1. The summed E-state index contributed by atoms with van der Waals surface area (Å²) in [6.07, 6.45) is 3.32. The third-order valence-corrected chi connectivity index (χ3v) is 5.40. The monoisotopic (exact) mass is 453 g/mol. The molecule has 0 fully saturated rings. The van der Waals surface area contributed by atoms with E-state index in [1.165, 1.54) is 19.1 Å². The number of hydrogen-bond donors (Lipinski definition) is 1. The van der Waals surface area contributed by atoms with Crippen molar-refractivity contribution >= 4 is 22.8 Å². The van der Waals surface area contributed by atoms with E-state index in [0.29, 0.717) is 28.4 Å². The van der Waals surface area contributed by atoms with Gasteiger partial charge in [-0.25, -0.2) is 14.4 Å². The summed E-state index contributed by atoms with van der Waals surface area (Å²) >= 11 is 0. The van der Waals surface area contributed by atoms with Gasteiger partial charge in [-0.1, -0.05) is 12.1 Å². The molecule has 0 aliphatic rings. The molecule has 0 amide bonds. The molecule has 0 saturated heterocycles. The Balaban J connectivity index is 1.68. The van der Waals surface area contributed by atoms with Gasteiger partial charge in [0, 0.05) is 24.4 Å². The van der Waals surface area contributed by atoms with E-state index >= 15 is 0 Å². The van der Waals surface area contributed by atoms with Gasteiger partial charge in [-0.05, 0) is 60.2 Å². The number of rotatable bonds is 5. The molecule has 3 aromatic heterocycles. The summed E-state index contributed by atoms with van der Waals surface area (Å²) in [7, 11) is 0. The molecule has 0 aliphatic carbocycles. The van der Waals surface area contributed by atoms with Gasteiger partial charge in [-0.15, -0.1) is 0 Å². The number of hydrogen-bond acceptors (Lipinski definition) is 6. The molecule has 0 atom stereocenters. The molecule has 5 aromatic rings. The molecule has 168 valence electrons. The maximum absolute atomic E-state index is 13.4. The van der Waals surface area contributed by atoms with Crippen LogP contribution in [0.4, 0.5) is 10.2 Å². The highest BCUT2D eigenvalue weighted by Crippen LogP contribution is 2.32. The minimum absolute atomic E-state index is 0.196. The number of benzene rings is 2. The number of carbonyl (C=O) groups excluding carboxylic acids is 1. The Morgan fingerprint density at radius 1 is 1.06 bits per heavy atom. The SMILES string of the molecule is CC(=O)OCc1ccc(-n2c(-c3cccnc3N)nc3cnc(-c4ccc(F)cc4)cc32)cc1. The molecular formula is C26H20FN5O2. The Morgan fingerprint density at radius 3 is 2.53 bits per heavy atom. The van der Waals surface area contributed by atoms with Crippen LogP contribution < -0.4 is 5.73 Å². The van der Waals surface area contributed by atoms with E-state index in [9.17, 15) is 9.18 Å². The number of imidazole rings is 1. The van der Waals surface area contributed by atoms with Gasteiger partial charge >= 0.3 is 5.97 Å². The standard InChI is InChI=1S/C26H20FN5O2/c1-16(33)34-15-17-4-10-20(11-5-17)32-24-13-22(18-6-8-19(27)9-7-18)30-14-23(24)31-26(32)21-3-2-12-29-25(21)28/h2-14H,15H2,1H3,(H2,28,29). The van der Waals surface area contributed by atoms with E-state index in [2.05, 4.69) is 9.97 Å². The molecule has 8 heteroatoms. The van der Waals surface area contributed by atoms with Crippen LogP contribution in [0.1, 0.15) is 12.5 Å². The topological polar surface area (TPSA) is 95.9 Å². The van der Waals surface area contributed by atoms with E-state index in [1.54, 1.807) is 30.6 Å². The Kier molecular flexibility index (Phi) is 5.47. The predicted octanol–water partition coefficient (Wildman–Crippen LogP) is 4.93. The fraction of sp³-hybridized carbons (Fsp3) is 0.0769. The van der Waals surface area contributed by atoms with E-state index in [1.807, 2.05) is 41.0 Å². The van der Waals surface area contributed by atoms with Gasteiger partial charge in [0.2, 0.25) is 0 Å². The second-order valence-corrected chi connectivity index (χ2v) is 7.72. The van der Waals surface area contributed by atoms with Crippen LogP contribution in [0.3, 0.4) is 0 Å². The number of nitrogens with two attached hydrogens (primary N) is 1. The molecule has 7 nitrogen and oxygen atoms in total. The number of carbonyl (C=O) groups is 1. The van der Waals surface area contributed by atoms with Crippen molar-refractivity contribution in [3.05, 3.63) is 90.5 Å². The molecule has 0 bridgehead atoms. The summed E-state index contributed by atoms with van der Waals surface area (Å²) in [5.74, 6) is 0.335. The van der Waals surface area contributed by atoms with Crippen LogP contribution in [-0.2, 0) is 16.1 Å². The smallest absolute Gasteiger partial charge is 0.302 e. The van der Waals surface area contributed by atoms with Crippen LogP contribution in [-0.4, -0.2) is 25.5 Å². The number of aromatic nitrogens is 4. The van der Waals surface area contributed by atoms with E-state index in [4.69, 9.17) is 15.5 Å². The second-order valence-electron chi connectivity index (χ2n) is 7.72. The maximum atomic E-state index is 13.4. The number of anilines is 1. The zero-order valence-electron chi connectivity index (χ0n) is 18.3. The van der Waals surface area contributed by atoms with Crippen LogP contribution in [0.25, 0.3) is 39.4 Å². The quantitative estimate of drug-likeness (QED) is 0.379. The van der Waals surface area contributed by atoms with Crippen molar-refractivity contribution in [3.63, 3.8) is 0 Å². The molecule has 0 spiro atoms. The van der Waals surface area contributed by atoms with Crippen LogP contribution in [0, 0.1) is 5.82 Å². The lowest BCUT2D eigenvalue weighted by Gasteiger charge is -2.12. The van der Waals surface area contributed by atoms with Crippen molar-refractivity contribution in [2.75, 3.05) is 5.73 Å². The Labute approximate surface area is 194 Å². The van der Waals surface area contributed by atoms with Gasteiger partial charge in [0.15, 0.2) is 0 Å². The van der Waals surface area contributed by atoms with Crippen LogP contribution in [0.2, 0.25) is 0 Å². The number of esters is 1. The molecule has 0 saturated carbocycles. The summed E-state index contributed by atoms with van der Waals surface area (Å²) in [6, 6.07) is 19.4. The normalized spacial score (nSPS) is 11.0. The summed E-state index contributed by atoms with van der Waals surface area (Å²) in [6.45, 7) is 1.57. The third kappa shape index (κ3) is 4.09. The average molecular weight is 453 g/mol. The molecule has 34 heavy (non-hydrogen) atoms. The predicted molar refractivity (Wildman–Crippen MR) is 127 cm³/mol. The third-order valence-electron chi connectivity index (χ3n) is 5.40. The first-order valence-electron chi connectivity index (χ1n) is 10.6. The van der Waals surface area contributed by atoms with E-state index in [0.717, 1.165) is 22.3 Å². The number of nitrogen functional groups attached to an aromatic ring is 1. The first kappa shape index (κ1) is 21.3. The Bertz CT molecular complexity index is 1490. The molecular weight excluding hydrogens is 433 g/mol. The van der Waals surface area contributed by atoms with Crippen molar-refractivity contribution in [2.24, 2.45) is 0 Å². The van der Waals surface area contributed by atoms with Crippen molar-refractivity contribution in [2.45, 2.75) is 13.5 Å². The average Bonchev–Trinajstić information content (AvgIpc) is 3.22. The highest BCUT2D eigenvalue weighted by molar-refractivity contribution is 5.87. The maximum Gasteiger partial charge on any atom is 0.302 e. The van der Waals surface area contributed by atoms with Gasteiger partial charge in [0.1, 0.15) is 29.6 Å². The highest BCUT2D eigenvalue weighted by atomic mass is 19.1. The fourth-order valence-corrected chi connectivity index (χ4v) is 3.73. The van der Waals surface area contributed by atoms with Gasteiger partial charge in [0.05, 0.1) is 23.0 Å². The minimum Gasteiger partial charge on any atom is -0.461 e. The first-order chi connectivity index (χ1) is 16.5. The first-order valence-corrected chi connectivity index (χ1v) is 10.6. The van der Waals surface area contributed by atoms with Crippen LogP contribution in [0.5, 0.6) is 0 Å².